The number of carbonyl (C=O) groups excluding carboxylic acids is 2. The van der Waals surface area contributed by atoms with Crippen LogP contribution in [0, 0.1) is 19.8 Å². The summed E-state index contributed by atoms with van der Waals surface area (Å²) in [5.74, 6) is -0.0842. The molecule has 2 heterocycles. The summed E-state index contributed by atoms with van der Waals surface area (Å²) in [5.41, 5.74) is 5.73. The quantitative estimate of drug-likeness (QED) is 0.836. The predicted octanol–water partition coefficient (Wildman–Crippen LogP) is 3.24. The van der Waals surface area contributed by atoms with E-state index in [0.717, 1.165) is 29.8 Å². The number of hydrogen-bond acceptors (Lipinski definition) is 2. The first kappa shape index (κ1) is 16.8. The highest BCUT2D eigenvalue weighted by Crippen LogP contribution is 2.29. The number of rotatable bonds is 2. The van der Waals surface area contributed by atoms with E-state index < -0.39 is 0 Å². The largest absolute Gasteiger partial charge is 0.338 e. The molecule has 4 nitrogen and oxygen atoms in total. The minimum Gasteiger partial charge on any atom is -0.338 e. The van der Waals surface area contributed by atoms with E-state index in [0.29, 0.717) is 19.5 Å². The lowest BCUT2D eigenvalue weighted by molar-refractivity contribution is -0.136. The minimum absolute atomic E-state index is 0.0470. The Morgan fingerprint density at radius 1 is 1.04 bits per heavy atom. The third-order valence-electron chi connectivity index (χ3n) is 5.43. The molecule has 2 aromatic rings. The van der Waals surface area contributed by atoms with Gasteiger partial charge in [0, 0.05) is 31.7 Å². The molecule has 2 aromatic carbocycles. The lowest BCUT2D eigenvalue weighted by Gasteiger charge is -2.30. The topological polar surface area (TPSA) is 40.6 Å². The maximum atomic E-state index is 13.0. The van der Waals surface area contributed by atoms with E-state index in [4.69, 9.17) is 0 Å². The average molecular weight is 348 g/mol. The van der Waals surface area contributed by atoms with Crippen LogP contribution in [0.3, 0.4) is 0 Å². The van der Waals surface area contributed by atoms with Crippen molar-refractivity contribution in [3.8, 4) is 0 Å². The van der Waals surface area contributed by atoms with Crippen LogP contribution in [0.15, 0.2) is 42.5 Å². The van der Waals surface area contributed by atoms with Crippen molar-refractivity contribution in [1.82, 2.24) is 4.90 Å². The van der Waals surface area contributed by atoms with Crippen LogP contribution < -0.4 is 4.90 Å². The normalized spacial score (nSPS) is 19.6. The van der Waals surface area contributed by atoms with Gasteiger partial charge >= 0.3 is 0 Å². The molecule has 2 amide bonds. The maximum absolute atomic E-state index is 13.0. The van der Waals surface area contributed by atoms with E-state index in [1.54, 1.807) is 4.90 Å². The van der Waals surface area contributed by atoms with Gasteiger partial charge in [-0.3, -0.25) is 9.59 Å². The number of amides is 2. The second-order valence-corrected chi connectivity index (χ2v) is 7.53. The zero-order chi connectivity index (χ0) is 18.3. The van der Waals surface area contributed by atoms with Gasteiger partial charge in [-0.15, -0.1) is 0 Å². The fourth-order valence-corrected chi connectivity index (χ4v) is 4.17. The molecule has 0 spiro atoms. The molecule has 4 rings (SSSR count). The summed E-state index contributed by atoms with van der Waals surface area (Å²) < 4.78 is 0. The van der Waals surface area contributed by atoms with Crippen LogP contribution in [0.4, 0.5) is 5.69 Å². The Morgan fingerprint density at radius 3 is 2.46 bits per heavy atom. The van der Waals surface area contributed by atoms with E-state index in [9.17, 15) is 9.59 Å². The van der Waals surface area contributed by atoms with E-state index >= 15 is 0 Å². The van der Waals surface area contributed by atoms with Gasteiger partial charge in [0.05, 0.1) is 5.92 Å². The molecule has 134 valence electrons. The second-order valence-electron chi connectivity index (χ2n) is 7.53. The maximum Gasteiger partial charge on any atom is 0.228 e. The van der Waals surface area contributed by atoms with Crippen LogP contribution >= 0.6 is 0 Å². The summed E-state index contributed by atoms with van der Waals surface area (Å²) in [6, 6.07) is 14.4. The number of carbonyl (C=O) groups is 2. The average Bonchev–Trinajstić information content (AvgIpc) is 3.01. The van der Waals surface area contributed by atoms with Crippen molar-refractivity contribution in [2.45, 2.75) is 33.2 Å². The molecule has 1 fully saturated rings. The Morgan fingerprint density at radius 2 is 1.73 bits per heavy atom. The van der Waals surface area contributed by atoms with Gasteiger partial charge in [-0.25, -0.2) is 0 Å². The Labute approximate surface area is 154 Å². The van der Waals surface area contributed by atoms with Gasteiger partial charge in [0.2, 0.25) is 11.8 Å². The minimum atomic E-state index is -0.242. The summed E-state index contributed by atoms with van der Waals surface area (Å²) in [4.78, 5) is 29.3. The summed E-state index contributed by atoms with van der Waals surface area (Å²) in [5, 5.41) is 0. The first-order valence-corrected chi connectivity index (χ1v) is 9.25. The molecule has 0 saturated carbocycles. The summed E-state index contributed by atoms with van der Waals surface area (Å²) in [6.07, 6.45) is 1.20. The van der Waals surface area contributed by atoms with Crippen LogP contribution in [0.5, 0.6) is 0 Å². The third-order valence-corrected chi connectivity index (χ3v) is 5.43. The molecule has 0 aromatic heterocycles. The fourth-order valence-electron chi connectivity index (χ4n) is 4.17. The van der Waals surface area contributed by atoms with E-state index in [1.165, 1.54) is 11.1 Å². The molecule has 1 saturated heterocycles. The molecular formula is C22H24N2O2. The first-order valence-electron chi connectivity index (χ1n) is 9.25. The Hall–Kier alpha value is -2.62. The van der Waals surface area contributed by atoms with Crippen LogP contribution in [-0.4, -0.2) is 29.8 Å². The van der Waals surface area contributed by atoms with Gasteiger partial charge in [-0.1, -0.05) is 30.3 Å². The van der Waals surface area contributed by atoms with Gasteiger partial charge in [0.1, 0.15) is 0 Å². The highest BCUT2D eigenvalue weighted by Gasteiger charge is 2.37. The molecular weight excluding hydrogens is 324 g/mol. The standard InChI is InChI=1S/C22H24N2O2/c1-15-9-16(2)11-20(10-15)24-14-19(12-21(24)25)22(26)23-8-7-17-5-3-4-6-18(17)13-23/h3-6,9-11,19H,7-8,12-14H2,1-2H3/t19-/m1/s1. The van der Waals surface area contributed by atoms with Crippen LogP contribution in [0.25, 0.3) is 0 Å². The van der Waals surface area contributed by atoms with Gasteiger partial charge in [0.15, 0.2) is 0 Å². The molecule has 4 heteroatoms. The van der Waals surface area contributed by atoms with Crippen molar-refractivity contribution in [3.05, 3.63) is 64.7 Å². The van der Waals surface area contributed by atoms with E-state index in [-0.39, 0.29) is 17.7 Å². The van der Waals surface area contributed by atoms with Crippen LogP contribution in [-0.2, 0) is 22.6 Å². The van der Waals surface area contributed by atoms with Crippen molar-refractivity contribution in [2.24, 2.45) is 5.92 Å². The third kappa shape index (κ3) is 3.12. The Kier molecular flexibility index (Phi) is 4.27. The fraction of sp³-hybridized carbons (Fsp3) is 0.364. The van der Waals surface area contributed by atoms with Crippen LogP contribution in [0.1, 0.15) is 28.7 Å². The van der Waals surface area contributed by atoms with E-state index in [2.05, 4.69) is 18.2 Å². The first-order chi connectivity index (χ1) is 12.5. The summed E-state index contributed by atoms with van der Waals surface area (Å²) in [7, 11) is 0. The number of anilines is 1. The highest BCUT2D eigenvalue weighted by atomic mass is 16.2. The van der Waals surface area contributed by atoms with Gasteiger partial charge < -0.3 is 9.80 Å². The van der Waals surface area contributed by atoms with Crippen molar-refractivity contribution >= 4 is 17.5 Å². The van der Waals surface area contributed by atoms with Gasteiger partial charge in [-0.05, 0) is 54.7 Å². The lowest BCUT2D eigenvalue weighted by atomic mass is 9.98. The smallest absolute Gasteiger partial charge is 0.228 e. The molecule has 0 bridgehead atoms. The monoisotopic (exact) mass is 348 g/mol. The number of fused-ring (bicyclic) bond motifs is 1. The molecule has 0 N–H and O–H groups in total. The van der Waals surface area contributed by atoms with Gasteiger partial charge in [0.25, 0.3) is 0 Å². The Bertz CT molecular complexity index is 854. The molecule has 0 unspecified atom stereocenters. The number of benzene rings is 2. The highest BCUT2D eigenvalue weighted by molar-refractivity contribution is 6.00. The number of hydrogen-bond donors (Lipinski definition) is 0. The zero-order valence-electron chi connectivity index (χ0n) is 15.4. The number of nitrogens with zero attached hydrogens (tertiary/aromatic N) is 2. The summed E-state index contributed by atoms with van der Waals surface area (Å²) >= 11 is 0. The molecule has 2 aliphatic rings. The van der Waals surface area contributed by atoms with Crippen molar-refractivity contribution in [2.75, 3.05) is 18.0 Å². The molecule has 1 atom stereocenters. The van der Waals surface area contributed by atoms with E-state index in [1.807, 2.05) is 43.0 Å². The van der Waals surface area contributed by atoms with Crippen molar-refractivity contribution in [1.29, 1.82) is 0 Å². The molecule has 26 heavy (non-hydrogen) atoms. The zero-order valence-corrected chi connectivity index (χ0v) is 15.4. The van der Waals surface area contributed by atoms with Crippen molar-refractivity contribution in [3.63, 3.8) is 0 Å². The Balaban J connectivity index is 1.49. The predicted molar refractivity (Wildman–Crippen MR) is 102 cm³/mol. The summed E-state index contributed by atoms with van der Waals surface area (Å²) in [6.45, 7) is 5.95. The number of aryl methyl sites for hydroxylation is 2. The van der Waals surface area contributed by atoms with Gasteiger partial charge in [-0.2, -0.15) is 0 Å². The lowest BCUT2D eigenvalue weighted by Crippen LogP contribution is -2.40. The molecule has 0 aliphatic carbocycles. The second kappa shape index (κ2) is 6.60. The van der Waals surface area contributed by atoms with Crippen molar-refractivity contribution < 1.29 is 9.59 Å². The molecule has 0 radical (unpaired) electrons. The SMILES string of the molecule is Cc1cc(C)cc(N2C[C@H](C(=O)N3CCc4ccccc4C3)CC2=O)c1. The molecule has 2 aliphatic heterocycles. The van der Waals surface area contributed by atoms with Crippen LogP contribution in [0.2, 0.25) is 0 Å².